The number of aliphatic carboxylic acids is 1. The van der Waals surface area contributed by atoms with Gasteiger partial charge in [-0.15, -0.1) is 0 Å². The van der Waals surface area contributed by atoms with Crippen LogP contribution >= 0.6 is 0 Å². The molecule has 2 N–H and O–H groups in total. The second kappa shape index (κ2) is 10.8. The predicted octanol–water partition coefficient (Wildman–Crippen LogP) is 3.45. The monoisotopic (exact) mass is 554 g/mol. The van der Waals surface area contributed by atoms with Gasteiger partial charge < -0.3 is 5.11 Å². The number of anilines is 1. The van der Waals surface area contributed by atoms with Crippen molar-refractivity contribution in [3.63, 3.8) is 0 Å². The second-order valence-corrected chi connectivity index (χ2v) is 12.9. The van der Waals surface area contributed by atoms with Crippen molar-refractivity contribution in [2.24, 2.45) is 0 Å². The molecule has 3 aromatic carbocycles. The third-order valence-corrected chi connectivity index (χ3v) is 10.0. The zero-order chi connectivity index (χ0) is 25.0. The number of benzene rings is 3. The third kappa shape index (κ3) is 5.84. The molecule has 1 unspecified atom stereocenters. The Kier molecular flexibility index (Phi) is 7.75. The molecule has 1 saturated heterocycles. The third-order valence-electron chi connectivity index (χ3n) is 6.05. The summed E-state index contributed by atoms with van der Waals surface area (Å²) in [5, 5.41) is 12.3. The molecular weight excluding hydrogens is 527 g/mol. The van der Waals surface area contributed by atoms with Crippen LogP contribution in [0.5, 0.6) is 0 Å². The van der Waals surface area contributed by atoms with E-state index in [0.29, 0.717) is 18.5 Å². The number of nitrogens with zero attached hydrogens (tertiary/aromatic N) is 1. The molecule has 2 atom stereocenters. The minimum absolute atomic E-state index is 0.0261. The molecule has 1 aliphatic heterocycles. The van der Waals surface area contributed by atoms with E-state index in [1.807, 2.05) is 36.4 Å². The van der Waals surface area contributed by atoms with E-state index in [4.69, 9.17) is 0 Å². The standard InChI is InChI=1S/C26H27AsN2O5S/c1-2-18-5-11-21(12-6-18)27-26(32)28-22-13-7-19(8-14-22)20-9-15-23(16-10-20)35(33,34)29-17-3-4-24(29)25(30)31/h5-16,24,27H,2-4,17H2,1H3,(H,28,32)(H,30,31)/t24-/m0/s1. The molecule has 0 spiro atoms. The Morgan fingerprint density at radius 1 is 0.971 bits per heavy atom. The van der Waals surface area contributed by atoms with Crippen LogP contribution in [0.1, 0.15) is 25.3 Å². The number of aryl methyl sites for hydroxylation is 1. The number of carbonyl (C=O) groups is 2. The summed E-state index contributed by atoms with van der Waals surface area (Å²) >= 11 is -0.957. The zero-order valence-electron chi connectivity index (χ0n) is 19.3. The number of rotatable bonds is 8. The summed E-state index contributed by atoms with van der Waals surface area (Å²) in [7, 11) is -3.87. The van der Waals surface area contributed by atoms with Crippen molar-refractivity contribution < 1.29 is 23.1 Å². The first-order valence-electron chi connectivity index (χ1n) is 11.4. The summed E-state index contributed by atoms with van der Waals surface area (Å²) in [6.07, 6.45) is 1.83. The first-order valence-corrected chi connectivity index (χ1v) is 14.9. The molecule has 3 aromatic rings. The van der Waals surface area contributed by atoms with Crippen LogP contribution in [0.2, 0.25) is 0 Å². The Labute approximate surface area is 211 Å². The number of hydrogen-bond donors (Lipinski definition) is 2. The molecule has 1 heterocycles. The maximum atomic E-state index is 12.9. The minimum atomic E-state index is -3.87. The molecule has 4 rings (SSSR count). The van der Waals surface area contributed by atoms with Crippen LogP contribution in [0.15, 0.2) is 77.7 Å². The maximum absolute atomic E-state index is 12.9. The fourth-order valence-electron chi connectivity index (χ4n) is 4.09. The van der Waals surface area contributed by atoms with Crippen molar-refractivity contribution in [2.75, 3.05) is 11.9 Å². The molecule has 1 aliphatic rings. The van der Waals surface area contributed by atoms with Gasteiger partial charge in [0, 0.05) is 6.54 Å². The van der Waals surface area contributed by atoms with E-state index < -0.39 is 37.8 Å². The van der Waals surface area contributed by atoms with Crippen molar-refractivity contribution in [1.29, 1.82) is 0 Å². The van der Waals surface area contributed by atoms with Crippen molar-refractivity contribution in [3.05, 3.63) is 78.4 Å². The zero-order valence-corrected chi connectivity index (χ0v) is 22.2. The van der Waals surface area contributed by atoms with Crippen LogP contribution < -0.4 is 9.67 Å². The van der Waals surface area contributed by atoms with Crippen molar-refractivity contribution in [1.82, 2.24) is 4.31 Å². The fourth-order valence-corrected chi connectivity index (χ4v) is 7.43. The van der Waals surface area contributed by atoms with Gasteiger partial charge in [0.15, 0.2) is 0 Å². The molecule has 1 amide bonds. The molecule has 0 bridgehead atoms. The molecule has 182 valence electrons. The number of sulfonamides is 1. The van der Waals surface area contributed by atoms with Crippen LogP contribution in [0.25, 0.3) is 11.1 Å². The molecule has 1 fully saturated rings. The summed E-state index contributed by atoms with van der Waals surface area (Å²) in [6.45, 7) is 2.31. The van der Waals surface area contributed by atoms with E-state index >= 15 is 0 Å². The van der Waals surface area contributed by atoms with Crippen LogP contribution in [0.4, 0.5) is 10.5 Å². The SMILES string of the molecule is CCc1ccc([AsH]C(=O)Nc2ccc(-c3ccc(S(=O)(=O)N4CCC[C@H]4C(=O)O)cc3)cc2)cc1. The summed E-state index contributed by atoms with van der Waals surface area (Å²) in [6, 6.07) is 21.0. The Balaban J connectivity index is 1.41. The number of carboxylic acid groups (broad SMARTS) is 1. The van der Waals surface area contributed by atoms with Gasteiger partial charge in [-0.25, -0.2) is 0 Å². The van der Waals surface area contributed by atoms with Gasteiger partial charge in [-0.2, -0.15) is 0 Å². The van der Waals surface area contributed by atoms with E-state index in [-0.39, 0.29) is 16.1 Å². The van der Waals surface area contributed by atoms with E-state index in [2.05, 4.69) is 24.4 Å². The van der Waals surface area contributed by atoms with Crippen molar-refractivity contribution in [2.45, 2.75) is 37.1 Å². The molecule has 0 aliphatic carbocycles. The van der Waals surface area contributed by atoms with Gasteiger partial charge >= 0.3 is 177 Å². The van der Waals surface area contributed by atoms with Gasteiger partial charge in [0.05, 0.1) is 0 Å². The van der Waals surface area contributed by atoms with Crippen molar-refractivity contribution in [3.8, 4) is 11.1 Å². The van der Waals surface area contributed by atoms with Gasteiger partial charge in [0.1, 0.15) is 6.04 Å². The first-order chi connectivity index (χ1) is 16.8. The molecule has 7 nitrogen and oxygen atoms in total. The molecule has 0 aromatic heterocycles. The number of hydrogen-bond acceptors (Lipinski definition) is 4. The van der Waals surface area contributed by atoms with E-state index in [0.717, 1.165) is 26.2 Å². The molecular formula is C26H27AsN2O5S. The van der Waals surface area contributed by atoms with E-state index in [9.17, 15) is 23.1 Å². The molecule has 9 heteroatoms. The summed E-state index contributed by atoms with van der Waals surface area (Å²) < 4.78 is 28.0. The topological polar surface area (TPSA) is 104 Å². The Morgan fingerprint density at radius 2 is 1.57 bits per heavy atom. The van der Waals surface area contributed by atoms with Gasteiger partial charge in [-0.3, -0.25) is 4.79 Å². The van der Waals surface area contributed by atoms with E-state index in [1.165, 1.54) is 17.7 Å². The van der Waals surface area contributed by atoms with Crippen LogP contribution in [-0.2, 0) is 21.2 Å². The Bertz CT molecular complexity index is 1310. The average Bonchev–Trinajstić information content (AvgIpc) is 3.37. The summed E-state index contributed by atoms with van der Waals surface area (Å²) in [4.78, 5) is 23.9. The Morgan fingerprint density at radius 3 is 2.14 bits per heavy atom. The number of amides is 1. The van der Waals surface area contributed by atoms with Crippen molar-refractivity contribution >= 4 is 46.5 Å². The number of carbonyl (C=O) groups excluding carboxylic acids is 1. The summed E-state index contributed by atoms with van der Waals surface area (Å²) in [5.41, 5.74) is 3.66. The van der Waals surface area contributed by atoms with Gasteiger partial charge in [-0.05, 0) is 12.8 Å². The normalized spacial score (nSPS) is 16.5. The Hall–Kier alpha value is -2.93. The van der Waals surface area contributed by atoms with Crippen LogP contribution in [0, 0.1) is 0 Å². The van der Waals surface area contributed by atoms with Crippen LogP contribution in [-0.4, -0.2) is 56.8 Å². The molecule has 0 saturated carbocycles. The quantitative estimate of drug-likeness (QED) is 0.416. The summed E-state index contributed by atoms with van der Waals surface area (Å²) in [5.74, 6) is -1.12. The number of nitrogens with one attached hydrogen (secondary N) is 1. The second-order valence-electron chi connectivity index (χ2n) is 8.34. The van der Waals surface area contributed by atoms with E-state index in [1.54, 1.807) is 12.1 Å². The van der Waals surface area contributed by atoms with Crippen LogP contribution in [0.3, 0.4) is 0 Å². The van der Waals surface area contributed by atoms with Gasteiger partial charge in [0.2, 0.25) is 0 Å². The molecule has 0 radical (unpaired) electrons. The first kappa shape index (κ1) is 25.2. The number of carboxylic acids is 1. The van der Waals surface area contributed by atoms with Gasteiger partial charge in [0.25, 0.3) is 0 Å². The molecule has 35 heavy (non-hydrogen) atoms. The van der Waals surface area contributed by atoms with Gasteiger partial charge in [-0.1, -0.05) is 0 Å². The average molecular weight is 555 g/mol. The fraction of sp³-hybridized carbons (Fsp3) is 0.231. The predicted molar refractivity (Wildman–Crippen MR) is 138 cm³/mol.